The zero-order valence-electron chi connectivity index (χ0n) is 12.7. The molecule has 0 aliphatic heterocycles. The fourth-order valence-corrected chi connectivity index (χ4v) is 3.81. The lowest BCUT2D eigenvalue weighted by Crippen LogP contribution is -2.15. The fourth-order valence-electron chi connectivity index (χ4n) is 2.47. The van der Waals surface area contributed by atoms with Crippen molar-refractivity contribution in [2.75, 3.05) is 10.5 Å². The smallest absolute Gasteiger partial charge is 0.261 e. The highest BCUT2D eigenvalue weighted by Crippen LogP contribution is 2.26. The Hall–Kier alpha value is -2.01. The highest BCUT2D eigenvalue weighted by molar-refractivity contribution is 7.92. The van der Waals surface area contributed by atoms with Crippen molar-refractivity contribution in [3.63, 3.8) is 0 Å². The SMILES string of the molecule is Cc1cc(N)cc(S(=O)(=O)Nc2c(C)cc(C)cc2C)c1. The van der Waals surface area contributed by atoms with Crippen LogP contribution in [0, 0.1) is 27.7 Å². The van der Waals surface area contributed by atoms with Gasteiger partial charge >= 0.3 is 0 Å². The van der Waals surface area contributed by atoms with Crippen molar-refractivity contribution in [3.05, 3.63) is 52.6 Å². The predicted octanol–water partition coefficient (Wildman–Crippen LogP) is 3.30. The van der Waals surface area contributed by atoms with E-state index < -0.39 is 10.0 Å². The summed E-state index contributed by atoms with van der Waals surface area (Å²) in [5.74, 6) is 0. The van der Waals surface area contributed by atoms with Crippen LogP contribution in [0.2, 0.25) is 0 Å². The summed E-state index contributed by atoms with van der Waals surface area (Å²) in [6.07, 6.45) is 0. The molecule has 0 unspecified atom stereocenters. The standard InChI is InChI=1S/C16H20N2O2S/c1-10-5-12(3)16(13(4)6-10)18-21(19,20)15-8-11(2)7-14(17)9-15/h5-9,18H,17H2,1-4H3. The Kier molecular flexibility index (Phi) is 3.96. The normalized spacial score (nSPS) is 11.4. The minimum atomic E-state index is -3.65. The van der Waals surface area contributed by atoms with Crippen molar-refractivity contribution < 1.29 is 8.42 Å². The van der Waals surface area contributed by atoms with E-state index in [1.54, 1.807) is 12.1 Å². The van der Waals surface area contributed by atoms with Gasteiger partial charge in [0.05, 0.1) is 10.6 Å². The number of anilines is 2. The molecule has 5 heteroatoms. The maximum Gasteiger partial charge on any atom is 0.261 e. The molecule has 0 aromatic heterocycles. The second-order valence-corrected chi connectivity index (χ2v) is 7.14. The minimum absolute atomic E-state index is 0.180. The van der Waals surface area contributed by atoms with Crippen LogP contribution < -0.4 is 10.5 Å². The highest BCUT2D eigenvalue weighted by Gasteiger charge is 2.17. The largest absolute Gasteiger partial charge is 0.399 e. The van der Waals surface area contributed by atoms with Gasteiger partial charge in [-0.2, -0.15) is 0 Å². The second-order valence-electron chi connectivity index (χ2n) is 5.46. The van der Waals surface area contributed by atoms with Crippen LogP contribution in [0.3, 0.4) is 0 Å². The highest BCUT2D eigenvalue weighted by atomic mass is 32.2. The van der Waals surface area contributed by atoms with E-state index in [2.05, 4.69) is 4.72 Å². The molecule has 2 rings (SSSR count). The number of nitrogens with one attached hydrogen (secondary N) is 1. The molecule has 3 N–H and O–H groups in total. The van der Waals surface area contributed by atoms with Gasteiger partial charge in [-0.3, -0.25) is 4.72 Å². The van der Waals surface area contributed by atoms with E-state index in [-0.39, 0.29) is 4.90 Å². The van der Waals surface area contributed by atoms with Crippen LogP contribution in [0.1, 0.15) is 22.3 Å². The molecule has 2 aromatic carbocycles. The summed E-state index contributed by atoms with van der Waals surface area (Å²) in [7, 11) is -3.65. The molecule has 21 heavy (non-hydrogen) atoms. The Morgan fingerprint density at radius 2 is 1.38 bits per heavy atom. The van der Waals surface area contributed by atoms with Crippen LogP contribution in [0.25, 0.3) is 0 Å². The Morgan fingerprint density at radius 3 is 1.90 bits per heavy atom. The molecule has 0 bridgehead atoms. The quantitative estimate of drug-likeness (QED) is 0.855. The third kappa shape index (κ3) is 3.36. The molecular formula is C16H20N2O2S. The van der Waals surface area contributed by atoms with E-state index in [4.69, 9.17) is 5.73 Å². The van der Waals surface area contributed by atoms with Gasteiger partial charge in [0.2, 0.25) is 0 Å². The molecule has 0 aliphatic carbocycles. The van der Waals surface area contributed by atoms with Gasteiger partial charge in [0, 0.05) is 5.69 Å². The summed E-state index contributed by atoms with van der Waals surface area (Å²) in [6.45, 7) is 7.59. The Bertz CT molecular complexity index is 753. The summed E-state index contributed by atoms with van der Waals surface area (Å²) in [5.41, 5.74) is 10.5. The first-order valence-corrected chi connectivity index (χ1v) is 8.15. The van der Waals surface area contributed by atoms with Crippen LogP contribution in [0.5, 0.6) is 0 Å². The first kappa shape index (κ1) is 15.4. The van der Waals surface area contributed by atoms with E-state index in [1.807, 2.05) is 39.8 Å². The Balaban J connectivity index is 2.47. The zero-order chi connectivity index (χ0) is 15.8. The lowest BCUT2D eigenvalue weighted by atomic mass is 10.1. The average molecular weight is 304 g/mol. The van der Waals surface area contributed by atoms with Gasteiger partial charge < -0.3 is 5.73 Å². The van der Waals surface area contributed by atoms with Crippen molar-refractivity contribution >= 4 is 21.4 Å². The van der Waals surface area contributed by atoms with E-state index in [9.17, 15) is 8.42 Å². The monoisotopic (exact) mass is 304 g/mol. The Morgan fingerprint density at radius 1 is 0.857 bits per heavy atom. The summed E-state index contributed by atoms with van der Waals surface area (Å²) >= 11 is 0. The summed E-state index contributed by atoms with van der Waals surface area (Å²) in [5, 5.41) is 0. The van der Waals surface area contributed by atoms with Crippen molar-refractivity contribution in [1.29, 1.82) is 0 Å². The zero-order valence-corrected chi connectivity index (χ0v) is 13.5. The molecule has 0 spiro atoms. The van der Waals surface area contributed by atoms with E-state index in [0.717, 1.165) is 22.3 Å². The molecule has 2 aromatic rings. The number of nitrogen functional groups attached to an aromatic ring is 1. The van der Waals surface area contributed by atoms with Gasteiger partial charge in [-0.1, -0.05) is 17.7 Å². The number of benzene rings is 2. The molecule has 112 valence electrons. The molecule has 0 amide bonds. The van der Waals surface area contributed by atoms with Gasteiger partial charge in [0.15, 0.2) is 0 Å². The van der Waals surface area contributed by atoms with Gasteiger partial charge in [-0.05, 0) is 62.6 Å². The van der Waals surface area contributed by atoms with E-state index in [1.165, 1.54) is 6.07 Å². The first-order valence-electron chi connectivity index (χ1n) is 6.67. The fraction of sp³-hybridized carbons (Fsp3) is 0.250. The number of hydrogen-bond acceptors (Lipinski definition) is 3. The van der Waals surface area contributed by atoms with E-state index in [0.29, 0.717) is 11.4 Å². The second kappa shape index (κ2) is 5.41. The number of nitrogens with two attached hydrogens (primary N) is 1. The lowest BCUT2D eigenvalue weighted by molar-refractivity contribution is 0.601. The average Bonchev–Trinajstić information content (AvgIpc) is 2.32. The van der Waals surface area contributed by atoms with E-state index >= 15 is 0 Å². The minimum Gasteiger partial charge on any atom is -0.399 e. The number of aryl methyl sites for hydroxylation is 4. The van der Waals surface area contributed by atoms with Crippen molar-refractivity contribution in [2.24, 2.45) is 0 Å². The van der Waals surface area contributed by atoms with Gasteiger partial charge in [0.25, 0.3) is 10.0 Å². The van der Waals surface area contributed by atoms with Gasteiger partial charge in [-0.15, -0.1) is 0 Å². The molecule has 4 nitrogen and oxygen atoms in total. The van der Waals surface area contributed by atoms with Crippen LogP contribution >= 0.6 is 0 Å². The third-order valence-corrected chi connectivity index (χ3v) is 4.63. The summed E-state index contributed by atoms with van der Waals surface area (Å²) in [4.78, 5) is 0.180. The molecule has 0 radical (unpaired) electrons. The molecule has 0 atom stereocenters. The van der Waals surface area contributed by atoms with Crippen LogP contribution in [0.4, 0.5) is 11.4 Å². The third-order valence-electron chi connectivity index (χ3n) is 3.30. The molecular weight excluding hydrogens is 284 g/mol. The maximum absolute atomic E-state index is 12.5. The summed E-state index contributed by atoms with van der Waals surface area (Å²) < 4.78 is 27.7. The van der Waals surface area contributed by atoms with Crippen LogP contribution in [-0.2, 0) is 10.0 Å². The van der Waals surface area contributed by atoms with Crippen LogP contribution in [-0.4, -0.2) is 8.42 Å². The van der Waals surface area contributed by atoms with Crippen LogP contribution in [0.15, 0.2) is 35.2 Å². The van der Waals surface area contributed by atoms with Crippen molar-refractivity contribution in [2.45, 2.75) is 32.6 Å². The molecule has 0 saturated carbocycles. The van der Waals surface area contributed by atoms with Crippen molar-refractivity contribution in [3.8, 4) is 0 Å². The van der Waals surface area contributed by atoms with Crippen molar-refractivity contribution in [1.82, 2.24) is 0 Å². The Labute approximate surface area is 126 Å². The molecule has 0 heterocycles. The number of rotatable bonds is 3. The molecule has 0 fully saturated rings. The lowest BCUT2D eigenvalue weighted by Gasteiger charge is -2.15. The predicted molar refractivity (Wildman–Crippen MR) is 87.1 cm³/mol. The molecule has 0 aliphatic rings. The number of hydrogen-bond donors (Lipinski definition) is 2. The molecule has 0 saturated heterocycles. The summed E-state index contributed by atoms with van der Waals surface area (Å²) in [6, 6.07) is 8.72. The first-order chi connectivity index (χ1) is 9.69. The van der Waals surface area contributed by atoms with Gasteiger partial charge in [0.1, 0.15) is 0 Å². The van der Waals surface area contributed by atoms with Gasteiger partial charge in [-0.25, -0.2) is 8.42 Å². The number of sulfonamides is 1. The topological polar surface area (TPSA) is 72.2 Å². The maximum atomic E-state index is 12.5.